The minimum atomic E-state index is -0.369. The Bertz CT molecular complexity index is 353. The molecular formula is C13H20N2O2. The number of unbranched alkanes of at least 4 members (excludes halogenated alkanes) is 4. The first kappa shape index (κ1) is 13.5. The Morgan fingerprint density at radius 2 is 2.00 bits per heavy atom. The van der Waals surface area contributed by atoms with E-state index in [9.17, 15) is 10.1 Å². The lowest BCUT2D eigenvalue weighted by atomic mass is 10.1. The SMILES string of the molecule is CCCCCCCNc1cccc([N+](=O)[O-])c1. The van der Waals surface area contributed by atoms with Gasteiger partial charge in [0.1, 0.15) is 0 Å². The van der Waals surface area contributed by atoms with E-state index in [4.69, 9.17) is 0 Å². The second kappa shape index (κ2) is 7.65. The summed E-state index contributed by atoms with van der Waals surface area (Å²) in [5.74, 6) is 0. The molecule has 0 saturated heterocycles. The Morgan fingerprint density at radius 3 is 2.71 bits per heavy atom. The van der Waals surface area contributed by atoms with Crippen LogP contribution in [-0.2, 0) is 0 Å². The summed E-state index contributed by atoms with van der Waals surface area (Å²) in [6, 6.07) is 6.65. The van der Waals surface area contributed by atoms with Crippen LogP contribution in [0.5, 0.6) is 0 Å². The fraction of sp³-hybridized carbons (Fsp3) is 0.538. The molecule has 0 aliphatic rings. The molecule has 0 amide bonds. The maximum Gasteiger partial charge on any atom is 0.271 e. The highest BCUT2D eigenvalue weighted by Crippen LogP contribution is 2.17. The lowest BCUT2D eigenvalue weighted by Crippen LogP contribution is -2.01. The van der Waals surface area contributed by atoms with Gasteiger partial charge in [0.25, 0.3) is 5.69 Å². The number of nitro benzene ring substituents is 1. The van der Waals surface area contributed by atoms with Gasteiger partial charge in [-0.25, -0.2) is 0 Å². The fourth-order valence-corrected chi connectivity index (χ4v) is 1.69. The third kappa shape index (κ3) is 5.33. The number of benzene rings is 1. The molecule has 1 rings (SSSR count). The number of nitrogens with one attached hydrogen (secondary N) is 1. The number of non-ortho nitro benzene ring substituents is 1. The summed E-state index contributed by atoms with van der Waals surface area (Å²) in [5, 5.41) is 13.8. The second-order valence-electron chi connectivity index (χ2n) is 4.15. The monoisotopic (exact) mass is 236 g/mol. The van der Waals surface area contributed by atoms with Gasteiger partial charge in [-0.15, -0.1) is 0 Å². The van der Waals surface area contributed by atoms with Crippen LogP contribution in [-0.4, -0.2) is 11.5 Å². The summed E-state index contributed by atoms with van der Waals surface area (Å²) in [4.78, 5) is 10.2. The van der Waals surface area contributed by atoms with Gasteiger partial charge in [0.05, 0.1) is 4.92 Å². The van der Waals surface area contributed by atoms with Crippen LogP contribution in [0.4, 0.5) is 11.4 Å². The van der Waals surface area contributed by atoms with Gasteiger partial charge in [-0.3, -0.25) is 10.1 Å². The maximum atomic E-state index is 10.6. The molecule has 1 N–H and O–H groups in total. The zero-order valence-corrected chi connectivity index (χ0v) is 10.3. The van der Waals surface area contributed by atoms with Crippen LogP contribution >= 0.6 is 0 Å². The average molecular weight is 236 g/mol. The molecular weight excluding hydrogens is 216 g/mol. The molecule has 0 atom stereocenters. The van der Waals surface area contributed by atoms with Crippen molar-refractivity contribution in [3.05, 3.63) is 34.4 Å². The molecule has 94 valence electrons. The molecule has 0 heterocycles. The Labute approximate surface area is 102 Å². The third-order valence-corrected chi connectivity index (χ3v) is 2.67. The molecule has 17 heavy (non-hydrogen) atoms. The van der Waals surface area contributed by atoms with E-state index in [1.54, 1.807) is 12.1 Å². The molecule has 0 aliphatic carbocycles. The number of rotatable bonds is 8. The molecule has 0 aliphatic heterocycles. The third-order valence-electron chi connectivity index (χ3n) is 2.67. The van der Waals surface area contributed by atoms with Crippen molar-refractivity contribution in [3.63, 3.8) is 0 Å². The van der Waals surface area contributed by atoms with Crippen molar-refractivity contribution >= 4 is 11.4 Å². The molecule has 0 fully saturated rings. The van der Waals surface area contributed by atoms with E-state index in [0.29, 0.717) is 0 Å². The van der Waals surface area contributed by atoms with Crippen LogP contribution in [0.3, 0.4) is 0 Å². The van der Waals surface area contributed by atoms with E-state index in [0.717, 1.165) is 18.7 Å². The van der Waals surface area contributed by atoms with E-state index in [2.05, 4.69) is 12.2 Å². The van der Waals surface area contributed by atoms with Gasteiger partial charge in [-0.05, 0) is 12.5 Å². The Kier molecular flexibility index (Phi) is 6.07. The number of hydrogen-bond donors (Lipinski definition) is 1. The van der Waals surface area contributed by atoms with Gasteiger partial charge in [-0.1, -0.05) is 38.7 Å². The maximum absolute atomic E-state index is 10.6. The molecule has 4 nitrogen and oxygen atoms in total. The number of anilines is 1. The molecule has 4 heteroatoms. The summed E-state index contributed by atoms with van der Waals surface area (Å²) in [6.45, 7) is 3.08. The number of hydrogen-bond acceptors (Lipinski definition) is 3. The van der Waals surface area contributed by atoms with E-state index >= 15 is 0 Å². The predicted octanol–water partition coefficient (Wildman–Crippen LogP) is 3.98. The van der Waals surface area contributed by atoms with Gasteiger partial charge >= 0.3 is 0 Å². The van der Waals surface area contributed by atoms with Gasteiger partial charge < -0.3 is 5.32 Å². The largest absolute Gasteiger partial charge is 0.385 e. The normalized spacial score (nSPS) is 10.2. The van der Waals surface area contributed by atoms with Crippen LogP contribution < -0.4 is 5.32 Å². The molecule has 0 saturated carbocycles. The highest BCUT2D eigenvalue weighted by atomic mass is 16.6. The van der Waals surface area contributed by atoms with E-state index in [1.807, 2.05) is 6.07 Å². The summed E-state index contributed by atoms with van der Waals surface area (Å²) < 4.78 is 0. The molecule has 0 aromatic heterocycles. The van der Waals surface area contributed by atoms with Gasteiger partial charge in [0.15, 0.2) is 0 Å². The number of nitrogens with zero attached hydrogens (tertiary/aromatic N) is 1. The lowest BCUT2D eigenvalue weighted by molar-refractivity contribution is -0.384. The Balaban J connectivity index is 2.27. The van der Waals surface area contributed by atoms with Crippen molar-refractivity contribution in [1.29, 1.82) is 0 Å². The van der Waals surface area contributed by atoms with Crippen molar-refractivity contribution in [2.45, 2.75) is 39.0 Å². The van der Waals surface area contributed by atoms with Gasteiger partial charge in [0, 0.05) is 24.4 Å². The quantitative estimate of drug-likeness (QED) is 0.422. The van der Waals surface area contributed by atoms with Crippen molar-refractivity contribution < 1.29 is 4.92 Å². The summed E-state index contributed by atoms with van der Waals surface area (Å²) in [5.41, 5.74) is 0.968. The highest BCUT2D eigenvalue weighted by Gasteiger charge is 2.04. The van der Waals surface area contributed by atoms with Gasteiger partial charge in [-0.2, -0.15) is 0 Å². The minimum absolute atomic E-state index is 0.140. The van der Waals surface area contributed by atoms with Crippen molar-refractivity contribution in [3.8, 4) is 0 Å². The number of nitro groups is 1. The smallest absolute Gasteiger partial charge is 0.271 e. The summed E-state index contributed by atoms with van der Waals surface area (Å²) in [6.07, 6.45) is 6.14. The lowest BCUT2D eigenvalue weighted by Gasteiger charge is -2.05. The van der Waals surface area contributed by atoms with Crippen LogP contribution in [0.1, 0.15) is 39.0 Å². The highest BCUT2D eigenvalue weighted by molar-refractivity contribution is 5.50. The first-order valence-electron chi connectivity index (χ1n) is 6.22. The zero-order chi connectivity index (χ0) is 12.5. The van der Waals surface area contributed by atoms with Crippen molar-refractivity contribution in [2.75, 3.05) is 11.9 Å². The van der Waals surface area contributed by atoms with E-state index < -0.39 is 0 Å². The zero-order valence-electron chi connectivity index (χ0n) is 10.3. The Morgan fingerprint density at radius 1 is 1.24 bits per heavy atom. The van der Waals surface area contributed by atoms with E-state index in [-0.39, 0.29) is 10.6 Å². The van der Waals surface area contributed by atoms with Crippen LogP contribution in [0.25, 0.3) is 0 Å². The van der Waals surface area contributed by atoms with Gasteiger partial charge in [0.2, 0.25) is 0 Å². The molecule has 1 aromatic rings. The molecule has 1 aromatic carbocycles. The topological polar surface area (TPSA) is 55.2 Å². The average Bonchev–Trinajstić information content (AvgIpc) is 2.34. The predicted molar refractivity (Wildman–Crippen MR) is 70.3 cm³/mol. The molecule has 0 spiro atoms. The molecule has 0 radical (unpaired) electrons. The molecule has 0 unspecified atom stereocenters. The molecule has 0 bridgehead atoms. The first-order valence-corrected chi connectivity index (χ1v) is 6.22. The van der Waals surface area contributed by atoms with Crippen LogP contribution in [0, 0.1) is 10.1 Å². The second-order valence-corrected chi connectivity index (χ2v) is 4.15. The van der Waals surface area contributed by atoms with Crippen LogP contribution in [0.2, 0.25) is 0 Å². The first-order chi connectivity index (χ1) is 8.24. The summed E-state index contributed by atoms with van der Waals surface area (Å²) in [7, 11) is 0. The van der Waals surface area contributed by atoms with Crippen molar-refractivity contribution in [1.82, 2.24) is 0 Å². The van der Waals surface area contributed by atoms with Crippen LogP contribution in [0.15, 0.2) is 24.3 Å². The standard InChI is InChI=1S/C13H20N2O2/c1-2-3-4-5-6-10-14-12-8-7-9-13(11-12)15(16)17/h7-9,11,14H,2-6,10H2,1H3. The minimum Gasteiger partial charge on any atom is -0.385 e. The summed E-state index contributed by atoms with van der Waals surface area (Å²) >= 11 is 0. The van der Waals surface area contributed by atoms with Crippen molar-refractivity contribution in [2.24, 2.45) is 0 Å². The fourth-order valence-electron chi connectivity index (χ4n) is 1.69. The Hall–Kier alpha value is -1.58. The van der Waals surface area contributed by atoms with E-state index in [1.165, 1.54) is 31.7 Å².